The topological polar surface area (TPSA) is 57.0 Å². The van der Waals surface area contributed by atoms with Gasteiger partial charge in [0.1, 0.15) is 11.7 Å². The molecule has 1 aromatic heterocycles. The second kappa shape index (κ2) is 13.4. The molecule has 0 atom stereocenters. The van der Waals surface area contributed by atoms with Gasteiger partial charge in [-0.25, -0.2) is 9.97 Å². The van der Waals surface area contributed by atoms with E-state index in [2.05, 4.69) is 212 Å². The van der Waals surface area contributed by atoms with E-state index in [9.17, 15) is 0 Å². The summed E-state index contributed by atoms with van der Waals surface area (Å²) >= 11 is 0. The molecule has 2 aliphatic rings. The summed E-state index contributed by atoms with van der Waals surface area (Å²) in [4.78, 5) is 25.6. The molecule has 0 aliphatic carbocycles. The number of nitrogens with zero attached hydrogens (tertiary/aromatic N) is 6. The van der Waals surface area contributed by atoms with E-state index in [1.54, 1.807) is 0 Å². The van der Waals surface area contributed by atoms with Gasteiger partial charge in [0.2, 0.25) is 0 Å². The Morgan fingerprint density at radius 1 is 0.375 bits per heavy atom. The molecule has 2 aliphatic heterocycles. The lowest BCUT2D eigenvalue weighted by molar-refractivity contribution is 0.338. The van der Waals surface area contributed by atoms with Crippen LogP contribution in [-0.4, -0.2) is 43.8 Å². The molecule has 8 rings (SSSR count). The zero-order chi connectivity index (χ0) is 39.6. The highest BCUT2D eigenvalue weighted by Crippen LogP contribution is 2.44. The van der Waals surface area contributed by atoms with Crippen molar-refractivity contribution in [2.45, 2.75) is 91.4 Å². The molecule has 0 fully saturated rings. The molecule has 3 heterocycles. The van der Waals surface area contributed by atoms with Crippen LogP contribution in [0.1, 0.15) is 69.2 Å². The van der Waals surface area contributed by atoms with Crippen LogP contribution in [0.15, 0.2) is 143 Å². The van der Waals surface area contributed by atoms with Crippen molar-refractivity contribution >= 4 is 23.0 Å². The lowest BCUT2D eigenvalue weighted by Gasteiger charge is -2.41. The molecule has 0 saturated heterocycles. The first kappa shape index (κ1) is 37.1. The summed E-state index contributed by atoms with van der Waals surface area (Å²) in [6, 6.07) is 47.4. The van der Waals surface area contributed by atoms with Gasteiger partial charge in [-0.1, -0.05) is 84.9 Å². The number of anilines is 2. The fourth-order valence-electron chi connectivity index (χ4n) is 8.39. The minimum atomic E-state index is -0.246. The van der Waals surface area contributed by atoms with Crippen molar-refractivity contribution in [1.82, 2.24) is 9.97 Å². The first-order valence-electron chi connectivity index (χ1n) is 19.7. The van der Waals surface area contributed by atoms with Gasteiger partial charge in [0, 0.05) is 28.1 Å². The Balaban J connectivity index is 1.32. The highest BCUT2D eigenvalue weighted by Gasteiger charge is 2.49. The fourth-order valence-corrected chi connectivity index (χ4v) is 8.39. The second-order valence-corrected chi connectivity index (χ2v) is 17.3. The van der Waals surface area contributed by atoms with Crippen molar-refractivity contribution in [3.8, 4) is 56.2 Å². The smallest absolute Gasteiger partial charge is 0.160 e. The Morgan fingerprint density at radius 2 is 0.768 bits per heavy atom. The molecule has 282 valence electrons. The van der Waals surface area contributed by atoms with E-state index in [1.807, 2.05) is 0 Å². The third kappa shape index (κ3) is 6.31. The van der Waals surface area contributed by atoms with Gasteiger partial charge in [-0.05, 0) is 140 Å². The van der Waals surface area contributed by atoms with Gasteiger partial charge in [0.15, 0.2) is 5.82 Å². The van der Waals surface area contributed by atoms with Crippen molar-refractivity contribution in [1.29, 1.82) is 0 Å². The SMILES string of the molecule is CC1=NC(C)(C)C(C)(C)N1c1cccc(-c2cc(-c3cc(-c4ccccc4)cc(-c4ccccc4)c3)nc(-c3cccc(N4C(C)=NC(C)(C)C4(C)C)c3)n2)c1. The summed E-state index contributed by atoms with van der Waals surface area (Å²) in [7, 11) is 0. The molecule has 0 saturated carbocycles. The van der Waals surface area contributed by atoms with E-state index in [1.165, 1.54) is 0 Å². The van der Waals surface area contributed by atoms with Crippen LogP contribution >= 0.6 is 0 Å². The Labute approximate surface area is 332 Å². The maximum atomic E-state index is 5.39. The molecule has 56 heavy (non-hydrogen) atoms. The van der Waals surface area contributed by atoms with Crippen LogP contribution < -0.4 is 9.80 Å². The number of aromatic nitrogens is 2. The minimum absolute atomic E-state index is 0.219. The molecule has 6 nitrogen and oxygen atoms in total. The molecule has 0 radical (unpaired) electrons. The van der Waals surface area contributed by atoms with Crippen LogP contribution in [0.3, 0.4) is 0 Å². The molecule has 6 heteroatoms. The predicted molar refractivity (Wildman–Crippen MR) is 237 cm³/mol. The number of benzene rings is 5. The molecule has 5 aromatic carbocycles. The standard InChI is InChI=1S/C50H52N6/c1-33-53-47(3,4)49(7,8)55(33)42-25-17-23-37(30-42)44-32-45(41-28-39(35-19-13-11-14-20-35)27-40(29-41)36-21-15-12-16-22-36)52-46(51-44)38-24-18-26-43(31-38)56-34(2)54-48(5,6)50(56,9)10/h11-32H,1-10H3. The van der Waals surface area contributed by atoms with Gasteiger partial charge in [0.25, 0.3) is 0 Å². The van der Waals surface area contributed by atoms with Crippen molar-refractivity contribution in [3.05, 3.63) is 133 Å². The van der Waals surface area contributed by atoms with Crippen LogP contribution in [0.25, 0.3) is 56.2 Å². The Morgan fingerprint density at radius 3 is 1.21 bits per heavy atom. The summed E-state index contributed by atoms with van der Waals surface area (Å²) in [6.07, 6.45) is 0. The van der Waals surface area contributed by atoms with Gasteiger partial charge in [-0.15, -0.1) is 0 Å². The predicted octanol–water partition coefficient (Wildman–Crippen LogP) is 12.4. The van der Waals surface area contributed by atoms with Crippen LogP contribution in [0.5, 0.6) is 0 Å². The van der Waals surface area contributed by atoms with Gasteiger partial charge < -0.3 is 9.80 Å². The lowest BCUT2D eigenvalue weighted by Crippen LogP contribution is -2.53. The first-order chi connectivity index (χ1) is 26.6. The van der Waals surface area contributed by atoms with E-state index in [4.69, 9.17) is 20.0 Å². The summed E-state index contributed by atoms with van der Waals surface area (Å²) < 4.78 is 0. The Hall–Kier alpha value is -5.88. The molecule has 6 aromatic rings. The largest absolute Gasteiger partial charge is 0.322 e. The van der Waals surface area contributed by atoms with Gasteiger partial charge >= 0.3 is 0 Å². The maximum Gasteiger partial charge on any atom is 0.160 e. The molecule has 0 amide bonds. The third-order valence-electron chi connectivity index (χ3n) is 12.6. The molecular weight excluding hydrogens is 685 g/mol. The summed E-state index contributed by atoms with van der Waals surface area (Å²) in [6.45, 7) is 22.1. The minimum Gasteiger partial charge on any atom is -0.322 e. The number of rotatable bonds is 7. The van der Waals surface area contributed by atoms with Crippen LogP contribution in [0.2, 0.25) is 0 Å². The zero-order valence-corrected chi connectivity index (χ0v) is 34.4. The van der Waals surface area contributed by atoms with Crippen LogP contribution in [-0.2, 0) is 0 Å². The second-order valence-electron chi connectivity index (χ2n) is 17.3. The van der Waals surface area contributed by atoms with Gasteiger partial charge in [-0.2, -0.15) is 0 Å². The molecule has 0 N–H and O–H groups in total. The quantitative estimate of drug-likeness (QED) is 0.164. The van der Waals surface area contributed by atoms with E-state index < -0.39 is 0 Å². The average Bonchev–Trinajstić information content (AvgIpc) is 3.46. The molecule has 0 spiro atoms. The van der Waals surface area contributed by atoms with Crippen LogP contribution in [0, 0.1) is 0 Å². The number of hydrogen-bond donors (Lipinski definition) is 0. The highest BCUT2D eigenvalue weighted by molar-refractivity contribution is 6.01. The van der Waals surface area contributed by atoms with Gasteiger partial charge in [-0.3, -0.25) is 9.98 Å². The summed E-state index contributed by atoms with van der Waals surface area (Å²) in [5, 5.41) is 0. The molecular formula is C50H52N6. The van der Waals surface area contributed by atoms with E-state index in [0.717, 1.165) is 73.4 Å². The number of hydrogen-bond acceptors (Lipinski definition) is 6. The third-order valence-corrected chi connectivity index (χ3v) is 12.6. The number of amidine groups is 2. The van der Waals surface area contributed by atoms with Crippen molar-refractivity contribution in [2.24, 2.45) is 9.98 Å². The molecule has 0 bridgehead atoms. The lowest BCUT2D eigenvalue weighted by atomic mass is 9.83. The molecule has 0 unspecified atom stereocenters. The normalized spacial score (nSPS) is 17.8. The van der Waals surface area contributed by atoms with E-state index >= 15 is 0 Å². The van der Waals surface area contributed by atoms with Gasteiger partial charge in [0.05, 0.1) is 33.5 Å². The zero-order valence-electron chi connectivity index (χ0n) is 34.4. The summed E-state index contributed by atoms with van der Waals surface area (Å²) in [5.74, 6) is 2.68. The first-order valence-corrected chi connectivity index (χ1v) is 19.7. The maximum absolute atomic E-state index is 5.39. The fraction of sp³-hybridized carbons (Fsp3) is 0.280. The van der Waals surface area contributed by atoms with E-state index in [-0.39, 0.29) is 22.2 Å². The van der Waals surface area contributed by atoms with E-state index in [0.29, 0.717) is 5.82 Å². The van der Waals surface area contributed by atoms with Crippen LogP contribution in [0.4, 0.5) is 11.4 Å². The van der Waals surface area contributed by atoms with Crippen molar-refractivity contribution in [2.75, 3.05) is 9.80 Å². The number of aliphatic imine (C=N–C) groups is 2. The Bertz CT molecular complexity index is 2340. The van der Waals surface area contributed by atoms with Crippen molar-refractivity contribution in [3.63, 3.8) is 0 Å². The average molecular weight is 737 g/mol. The Kier molecular flexibility index (Phi) is 8.87. The monoisotopic (exact) mass is 736 g/mol. The van der Waals surface area contributed by atoms with Crippen molar-refractivity contribution < 1.29 is 0 Å². The summed E-state index contributed by atoms with van der Waals surface area (Å²) in [5.41, 5.74) is 10.5. The highest BCUT2D eigenvalue weighted by atomic mass is 15.3.